The third kappa shape index (κ3) is 2.80. The molecule has 4 rings (SSSR count). The van der Waals surface area contributed by atoms with Gasteiger partial charge in [0.25, 0.3) is 0 Å². The van der Waals surface area contributed by atoms with Crippen LogP contribution in [0.1, 0.15) is 12.0 Å². The standard InChI is InChI=1S/C18H21N5/c1-22(18-16-7-9-19-17(16)20-13-21-18)15-8-10-23(12-15)11-14-5-3-2-4-6-14/h2-7,9,13,15H,8,10-12H2,1H3,(H,19,20,21). The van der Waals surface area contributed by atoms with Crippen molar-refractivity contribution in [3.8, 4) is 0 Å². The molecule has 5 heteroatoms. The van der Waals surface area contributed by atoms with Crippen LogP contribution >= 0.6 is 0 Å². The van der Waals surface area contributed by atoms with Crippen molar-refractivity contribution >= 4 is 16.9 Å². The Morgan fingerprint density at radius 3 is 2.96 bits per heavy atom. The first-order valence-corrected chi connectivity index (χ1v) is 8.08. The van der Waals surface area contributed by atoms with Crippen LogP contribution in [0.15, 0.2) is 48.9 Å². The molecule has 1 saturated heterocycles. The van der Waals surface area contributed by atoms with Crippen LogP contribution < -0.4 is 4.90 Å². The Morgan fingerprint density at radius 2 is 2.09 bits per heavy atom. The number of aromatic amines is 1. The van der Waals surface area contributed by atoms with Crippen molar-refractivity contribution in [2.45, 2.75) is 19.0 Å². The topological polar surface area (TPSA) is 48.1 Å². The molecule has 23 heavy (non-hydrogen) atoms. The number of nitrogens with one attached hydrogen (secondary N) is 1. The lowest BCUT2D eigenvalue weighted by Gasteiger charge is -2.26. The predicted octanol–water partition coefficient (Wildman–Crippen LogP) is 2.67. The Labute approximate surface area is 136 Å². The van der Waals surface area contributed by atoms with E-state index in [9.17, 15) is 0 Å². The molecule has 118 valence electrons. The Hall–Kier alpha value is -2.40. The fourth-order valence-electron chi connectivity index (χ4n) is 3.43. The van der Waals surface area contributed by atoms with Gasteiger partial charge >= 0.3 is 0 Å². The summed E-state index contributed by atoms with van der Waals surface area (Å²) >= 11 is 0. The summed E-state index contributed by atoms with van der Waals surface area (Å²) in [6.45, 7) is 3.22. The van der Waals surface area contributed by atoms with Crippen molar-refractivity contribution in [2.75, 3.05) is 25.0 Å². The Kier molecular flexibility index (Phi) is 3.71. The van der Waals surface area contributed by atoms with Crippen LogP contribution in [0.4, 0.5) is 5.82 Å². The molecule has 1 unspecified atom stereocenters. The fourth-order valence-corrected chi connectivity index (χ4v) is 3.43. The molecule has 3 aromatic rings. The van der Waals surface area contributed by atoms with Crippen LogP contribution in [-0.4, -0.2) is 46.0 Å². The molecule has 1 aliphatic rings. The van der Waals surface area contributed by atoms with Crippen LogP contribution in [0.5, 0.6) is 0 Å². The van der Waals surface area contributed by atoms with Gasteiger partial charge in [-0.05, 0) is 18.1 Å². The van der Waals surface area contributed by atoms with Gasteiger partial charge in [-0.25, -0.2) is 9.97 Å². The highest BCUT2D eigenvalue weighted by Gasteiger charge is 2.27. The third-order valence-corrected chi connectivity index (χ3v) is 4.71. The van der Waals surface area contributed by atoms with Crippen LogP contribution in [0.2, 0.25) is 0 Å². The summed E-state index contributed by atoms with van der Waals surface area (Å²) in [6.07, 6.45) is 4.73. The first-order valence-electron chi connectivity index (χ1n) is 8.08. The first-order chi connectivity index (χ1) is 11.3. The van der Waals surface area contributed by atoms with Crippen molar-refractivity contribution in [1.82, 2.24) is 19.9 Å². The molecular formula is C18H21N5. The molecule has 0 amide bonds. The lowest BCUT2D eigenvalue weighted by Crippen LogP contribution is -2.35. The van der Waals surface area contributed by atoms with Gasteiger partial charge in [-0.2, -0.15) is 0 Å². The molecule has 0 spiro atoms. The number of likely N-dealkylation sites (tertiary alicyclic amines) is 1. The van der Waals surface area contributed by atoms with Crippen molar-refractivity contribution in [2.24, 2.45) is 0 Å². The second-order valence-corrected chi connectivity index (χ2v) is 6.21. The van der Waals surface area contributed by atoms with Crippen molar-refractivity contribution < 1.29 is 0 Å². The number of rotatable bonds is 4. The number of anilines is 1. The molecule has 3 heterocycles. The first kappa shape index (κ1) is 14.2. The summed E-state index contributed by atoms with van der Waals surface area (Å²) < 4.78 is 0. The van der Waals surface area contributed by atoms with E-state index in [0.717, 1.165) is 36.5 Å². The smallest absolute Gasteiger partial charge is 0.142 e. The van der Waals surface area contributed by atoms with Gasteiger partial charge in [0.15, 0.2) is 0 Å². The number of likely N-dealkylation sites (N-methyl/N-ethyl adjacent to an activating group) is 1. The quantitative estimate of drug-likeness (QED) is 0.805. The highest BCUT2D eigenvalue weighted by molar-refractivity contribution is 5.87. The summed E-state index contributed by atoms with van der Waals surface area (Å²) in [7, 11) is 2.14. The monoisotopic (exact) mass is 307 g/mol. The molecule has 0 aliphatic carbocycles. The SMILES string of the molecule is CN(c1ncnc2[nH]ccc12)C1CCN(Cc2ccccc2)C1. The average Bonchev–Trinajstić information content (AvgIpc) is 3.24. The Morgan fingerprint density at radius 1 is 1.22 bits per heavy atom. The number of hydrogen-bond donors (Lipinski definition) is 1. The third-order valence-electron chi connectivity index (χ3n) is 4.71. The number of fused-ring (bicyclic) bond motifs is 1. The molecule has 0 saturated carbocycles. The van der Waals surface area contributed by atoms with Gasteiger partial charge in [-0.3, -0.25) is 4.90 Å². The number of hydrogen-bond acceptors (Lipinski definition) is 4. The number of nitrogens with zero attached hydrogens (tertiary/aromatic N) is 4. The van der Waals surface area contributed by atoms with Crippen LogP contribution in [0.25, 0.3) is 11.0 Å². The lowest BCUT2D eigenvalue weighted by atomic mass is 10.2. The predicted molar refractivity (Wildman–Crippen MR) is 92.4 cm³/mol. The van der Waals surface area contributed by atoms with Crippen LogP contribution in [0.3, 0.4) is 0 Å². The van der Waals surface area contributed by atoms with Crippen LogP contribution in [-0.2, 0) is 6.54 Å². The lowest BCUT2D eigenvalue weighted by molar-refractivity contribution is 0.326. The summed E-state index contributed by atoms with van der Waals surface area (Å²) in [5.41, 5.74) is 2.28. The molecule has 1 N–H and O–H groups in total. The average molecular weight is 307 g/mol. The van der Waals surface area contributed by atoms with Gasteiger partial charge in [0.1, 0.15) is 17.8 Å². The maximum absolute atomic E-state index is 4.51. The van der Waals surface area contributed by atoms with Gasteiger partial charge in [0.2, 0.25) is 0 Å². The number of H-pyrrole nitrogens is 1. The Bertz CT molecular complexity index is 782. The van der Waals surface area contributed by atoms with E-state index >= 15 is 0 Å². The minimum Gasteiger partial charge on any atom is -0.355 e. The zero-order valence-electron chi connectivity index (χ0n) is 13.3. The zero-order valence-corrected chi connectivity index (χ0v) is 13.3. The van der Waals surface area contributed by atoms with E-state index in [1.807, 2.05) is 6.20 Å². The minimum atomic E-state index is 0.492. The second-order valence-electron chi connectivity index (χ2n) is 6.21. The molecule has 5 nitrogen and oxygen atoms in total. The van der Waals surface area contributed by atoms with Gasteiger partial charge in [-0.15, -0.1) is 0 Å². The Balaban J connectivity index is 1.48. The summed E-state index contributed by atoms with van der Waals surface area (Å²) in [5, 5.41) is 1.09. The maximum atomic E-state index is 4.51. The minimum absolute atomic E-state index is 0.492. The van der Waals surface area contributed by atoms with E-state index in [4.69, 9.17) is 0 Å². The van der Waals surface area contributed by atoms with Crippen molar-refractivity contribution in [1.29, 1.82) is 0 Å². The molecular weight excluding hydrogens is 286 g/mol. The summed E-state index contributed by atoms with van der Waals surface area (Å²) in [4.78, 5) is 16.8. The van der Waals surface area contributed by atoms with E-state index in [-0.39, 0.29) is 0 Å². The largest absolute Gasteiger partial charge is 0.355 e. The summed E-state index contributed by atoms with van der Waals surface area (Å²) in [5.74, 6) is 1.02. The molecule has 0 radical (unpaired) electrons. The fraction of sp³-hybridized carbons (Fsp3) is 0.333. The van der Waals surface area contributed by atoms with E-state index in [1.165, 1.54) is 12.0 Å². The maximum Gasteiger partial charge on any atom is 0.142 e. The molecule has 1 atom stereocenters. The molecule has 2 aromatic heterocycles. The number of aromatic nitrogens is 3. The van der Waals surface area contributed by atoms with Crippen molar-refractivity contribution in [3.05, 3.63) is 54.5 Å². The molecule has 1 fully saturated rings. The highest BCUT2D eigenvalue weighted by Crippen LogP contribution is 2.26. The second kappa shape index (κ2) is 6.01. The molecule has 1 aromatic carbocycles. The van der Waals surface area contributed by atoms with Gasteiger partial charge in [-0.1, -0.05) is 30.3 Å². The van der Waals surface area contributed by atoms with E-state index in [2.05, 4.69) is 68.2 Å². The number of benzene rings is 1. The van der Waals surface area contributed by atoms with E-state index < -0.39 is 0 Å². The summed E-state index contributed by atoms with van der Waals surface area (Å²) in [6, 6.07) is 13.2. The van der Waals surface area contributed by atoms with Crippen LogP contribution in [0, 0.1) is 0 Å². The van der Waals surface area contributed by atoms with Crippen molar-refractivity contribution in [3.63, 3.8) is 0 Å². The van der Waals surface area contributed by atoms with E-state index in [0.29, 0.717) is 6.04 Å². The normalized spacial score (nSPS) is 18.6. The van der Waals surface area contributed by atoms with E-state index in [1.54, 1.807) is 6.33 Å². The van der Waals surface area contributed by atoms with Gasteiger partial charge in [0, 0.05) is 38.9 Å². The molecule has 1 aliphatic heterocycles. The van der Waals surface area contributed by atoms with Gasteiger partial charge < -0.3 is 9.88 Å². The zero-order chi connectivity index (χ0) is 15.6. The van der Waals surface area contributed by atoms with Gasteiger partial charge in [0.05, 0.1) is 5.39 Å². The highest BCUT2D eigenvalue weighted by atomic mass is 15.3. The molecule has 0 bridgehead atoms.